The van der Waals surface area contributed by atoms with Gasteiger partial charge in [-0.25, -0.2) is 4.98 Å². The van der Waals surface area contributed by atoms with Gasteiger partial charge in [0, 0.05) is 11.4 Å². The molecule has 3 rings (SSSR count). The van der Waals surface area contributed by atoms with Crippen molar-refractivity contribution in [1.82, 2.24) is 14.9 Å². The summed E-state index contributed by atoms with van der Waals surface area (Å²) < 4.78 is 5.60. The second-order valence-electron chi connectivity index (χ2n) is 5.92. The second-order valence-corrected chi connectivity index (χ2v) is 7.13. The van der Waals surface area contributed by atoms with Crippen molar-refractivity contribution in [2.45, 2.75) is 33.9 Å². The molecule has 0 aliphatic heterocycles. The number of fused-ring (bicyclic) bond motifs is 1. The van der Waals surface area contributed by atoms with Crippen LogP contribution in [-0.4, -0.2) is 33.1 Å². The number of hydrogen-bond acceptors (Lipinski definition) is 6. The van der Waals surface area contributed by atoms with Gasteiger partial charge < -0.3 is 14.5 Å². The van der Waals surface area contributed by atoms with E-state index in [2.05, 4.69) is 9.97 Å². The van der Waals surface area contributed by atoms with Crippen LogP contribution < -0.4 is 5.56 Å². The van der Waals surface area contributed by atoms with Gasteiger partial charge in [-0.3, -0.25) is 9.69 Å². The molecule has 0 atom stereocenters. The maximum Gasteiger partial charge on any atom is 0.259 e. The van der Waals surface area contributed by atoms with E-state index in [9.17, 15) is 9.90 Å². The molecule has 3 aromatic rings. The van der Waals surface area contributed by atoms with Crippen LogP contribution in [0.5, 0.6) is 0 Å². The lowest BCUT2D eigenvalue weighted by Gasteiger charge is -2.19. The molecule has 0 fully saturated rings. The first-order valence-corrected chi connectivity index (χ1v) is 8.67. The van der Waals surface area contributed by atoms with E-state index in [4.69, 9.17) is 4.42 Å². The van der Waals surface area contributed by atoms with E-state index in [-0.39, 0.29) is 12.2 Å². The quantitative estimate of drug-likeness (QED) is 0.716. The summed E-state index contributed by atoms with van der Waals surface area (Å²) in [4.78, 5) is 23.7. The molecule has 7 heteroatoms. The largest absolute Gasteiger partial charge is 0.465 e. The van der Waals surface area contributed by atoms with Crippen molar-refractivity contribution < 1.29 is 9.52 Å². The number of rotatable bonds is 6. The molecule has 0 saturated carbocycles. The summed E-state index contributed by atoms with van der Waals surface area (Å²) in [7, 11) is 0. The van der Waals surface area contributed by atoms with Gasteiger partial charge in [-0.05, 0) is 38.5 Å². The fraction of sp³-hybridized carbons (Fsp3) is 0.412. The summed E-state index contributed by atoms with van der Waals surface area (Å²) in [5.74, 6) is 2.28. The topological polar surface area (TPSA) is 82.4 Å². The molecule has 2 N–H and O–H groups in total. The lowest BCUT2D eigenvalue weighted by Crippen LogP contribution is -2.28. The number of nitrogens with zero attached hydrogens (tertiary/aromatic N) is 2. The number of hydrogen-bond donors (Lipinski definition) is 2. The van der Waals surface area contributed by atoms with Crippen molar-refractivity contribution >= 4 is 21.6 Å². The van der Waals surface area contributed by atoms with E-state index in [1.807, 2.05) is 37.8 Å². The van der Waals surface area contributed by atoms with Crippen LogP contribution in [0.25, 0.3) is 10.2 Å². The van der Waals surface area contributed by atoms with Gasteiger partial charge in [0.1, 0.15) is 22.2 Å². The van der Waals surface area contributed by atoms with Gasteiger partial charge in [0.2, 0.25) is 0 Å². The SMILES string of the molecule is Cc1ccc(CN(CCO)Cc2nc3sc(C)c(C)c3c(=O)[nH]2)o1. The van der Waals surface area contributed by atoms with Gasteiger partial charge in [0.25, 0.3) is 5.56 Å². The minimum atomic E-state index is -0.102. The summed E-state index contributed by atoms with van der Waals surface area (Å²) in [5.41, 5.74) is 0.892. The van der Waals surface area contributed by atoms with Crippen LogP contribution in [0, 0.1) is 20.8 Å². The summed E-state index contributed by atoms with van der Waals surface area (Å²) in [5, 5.41) is 9.98. The van der Waals surface area contributed by atoms with Gasteiger partial charge in [-0.2, -0.15) is 0 Å². The molecule has 6 nitrogen and oxygen atoms in total. The van der Waals surface area contributed by atoms with Gasteiger partial charge in [0.15, 0.2) is 0 Å². The van der Waals surface area contributed by atoms with E-state index in [0.29, 0.717) is 30.8 Å². The Morgan fingerprint density at radius 2 is 2.08 bits per heavy atom. The van der Waals surface area contributed by atoms with Crippen molar-refractivity contribution in [2.24, 2.45) is 0 Å². The minimum absolute atomic E-state index is 0.0311. The standard InChI is InChI=1S/C17H21N3O3S/c1-10-4-5-13(23-10)8-20(6-7-21)9-14-18-16(22)15-11(2)12(3)24-17(15)19-14/h4-5,21H,6-9H2,1-3H3,(H,18,19,22). The summed E-state index contributed by atoms with van der Waals surface area (Å²) >= 11 is 1.54. The number of furan rings is 1. The maximum absolute atomic E-state index is 12.4. The predicted octanol–water partition coefficient (Wildman–Crippen LogP) is 2.50. The fourth-order valence-electron chi connectivity index (χ4n) is 2.73. The number of thiophene rings is 1. The van der Waals surface area contributed by atoms with E-state index in [1.54, 1.807) is 0 Å². The first kappa shape index (κ1) is 16.9. The summed E-state index contributed by atoms with van der Waals surface area (Å²) in [6.07, 6.45) is 0. The summed E-state index contributed by atoms with van der Waals surface area (Å²) in [6.45, 7) is 7.35. The molecular weight excluding hydrogens is 326 g/mol. The average Bonchev–Trinajstić information content (AvgIpc) is 3.03. The Bertz CT molecular complexity index is 910. The average molecular weight is 347 g/mol. The number of aromatic amines is 1. The molecular formula is C17H21N3O3S. The van der Waals surface area contributed by atoms with Crippen LogP contribution in [0.2, 0.25) is 0 Å². The van der Waals surface area contributed by atoms with E-state index in [0.717, 1.165) is 26.8 Å². The van der Waals surface area contributed by atoms with Crippen LogP contribution in [0.4, 0.5) is 0 Å². The third-order valence-electron chi connectivity index (χ3n) is 4.05. The van der Waals surface area contributed by atoms with E-state index < -0.39 is 0 Å². The van der Waals surface area contributed by atoms with Crippen LogP contribution in [0.1, 0.15) is 27.8 Å². The molecule has 0 aliphatic rings. The normalized spacial score (nSPS) is 11.7. The zero-order valence-electron chi connectivity index (χ0n) is 14.0. The number of aryl methyl sites for hydroxylation is 3. The van der Waals surface area contributed by atoms with Crippen molar-refractivity contribution in [1.29, 1.82) is 0 Å². The highest BCUT2D eigenvalue weighted by Crippen LogP contribution is 2.25. The predicted molar refractivity (Wildman–Crippen MR) is 94.4 cm³/mol. The molecule has 0 aromatic carbocycles. The molecule has 3 heterocycles. The highest BCUT2D eigenvalue weighted by molar-refractivity contribution is 7.18. The molecule has 0 spiro atoms. The third kappa shape index (κ3) is 3.43. The lowest BCUT2D eigenvalue weighted by molar-refractivity contribution is 0.171. The summed E-state index contributed by atoms with van der Waals surface area (Å²) in [6, 6.07) is 3.83. The number of aliphatic hydroxyl groups is 1. The zero-order valence-corrected chi connectivity index (χ0v) is 14.9. The van der Waals surface area contributed by atoms with Crippen LogP contribution in [0.3, 0.4) is 0 Å². The molecule has 0 aliphatic carbocycles. The van der Waals surface area contributed by atoms with E-state index in [1.165, 1.54) is 11.3 Å². The molecule has 3 aromatic heterocycles. The molecule has 0 radical (unpaired) electrons. The van der Waals surface area contributed by atoms with Crippen LogP contribution >= 0.6 is 11.3 Å². The minimum Gasteiger partial charge on any atom is -0.465 e. The van der Waals surface area contributed by atoms with Crippen molar-refractivity contribution in [3.8, 4) is 0 Å². The molecule has 24 heavy (non-hydrogen) atoms. The Labute approximate surface area is 143 Å². The van der Waals surface area contributed by atoms with Gasteiger partial charge >= 0.3 is 0 Å². The Hall–Kier alpha value is -1.96. The smallest absolute Gasteiger partial charge is 0.259 e. The van der Waals surface area contributed by atoms with Crippen molar-refractivity contribution in [2.75, 3.05) is 13.2 Å². The maximum atomic E-state index is 12.4. The van der Waals surface area contributed by atoms with E-state index >= 15 is 0 Å². The Morgan fingerprint density at radius 3 is 2.75 bits per heavy atom. The highest BCUT2D eigenvalue weighted by atomic mass is 32.1. The third-order valence-corrected chi connectivity index (χ3v) is 5.15. The number of aromatic nitrogens is 2. The molecule has 0 amide bonds. The second kappa shape index (κ2) is 6.88. The van der Waals surface area contributed by atoms with Crippen molar-refractivity contribution in [3.63, 3.8) is 0 Å². The Kier molecular flexibility index (Phi) is 4.84. The zero-order chi connectivity index (χ0) is 17.3. The first-order valence-electron chi connectivity index (χ1n) is 7.85. The number of H-pyrrole nitrogens is 1. The molecule has 0 bridgehead atoms. The molecule has 128 valence electrons. The highest BCUT2D eigenvalue weighted by Gasteiger charge is 2.15. The first-order chi connectivity index (χ1) is 11.5. The molecule has 0 saturated heterocycles. The van der Waals surface area contributed by atoms with Crippen LogP contribution in [-0.2, 0) is 13.1 Å². The van der Waals surface area contributed by atoms with Crippen molar-refractivity contribution in [3.05, 3.63) is 50.3 Å². The van der Waals surface area contributed by atoms with Gasteiger partial charge in [0.05, 0.1) is 25.1 Å². The molecule has 0 unspecified atom stereocenters. The Balaban J connectivity index is 1.86. The van der Waals surface area contributed by atoms with Gasteiger partial charge in [-0.1, -0.05) is 0 Å². The monoisotopic (exact) mass is 347 g/mol. The lowest BCUT2D eigenvalue weighted by atomic mass is 10.2. The fourth-order valence-corrected chi connectivity index (χ4v) is 3.78. The number of nitrogens with one attached hydrogen (secondary N) is 1. The van der Waals surface area contributed by atoms with Crippen LogP contribution in [0.15, 0.2) is 21.3 Å². The number of aliphatic hydroxyl groups excluding tert-OH is 1. The van der Waals surface area contributed by atoms with Gasteiger partial charge in [-0.15, -0.1) is 11.3 Å². The Morgan fingerprint density at radius 1 is 1.29 bits per heavy atom.